The number of anilines is 1. The molecule has 1 atom stereocenters. The first-order valence-corrected chi connectivity index (χ1v) is 8.26. The molecule has 1 aliphatic rings. The summed E-state index contributed by atoms with van der Waals surface area (Å²) in [5.41, 5.74) is -0.991. The highest BCUT2D eigenvalue weighted by molar-refractivity contribution is 5.92. The van der Waals surface area contributed by atoms with Crippen molar-refractivity contribution < 1.29 is 18.0 Å². The Balaban J connectivity index is 1.80. The Labute approximate surface area is 143 Å². The number of carbonyl (C=O) groups is 1. The quantitative estimate of drug-likeness (QED) is 0.894. The Kier molecular flexibility index (Phi) is 4.82. The molecule has 0 unspecified atom stereocenters. The SMILES string of the molecule is Cn1ccc(NC(=O)[C@H](CC2CCCC2)n2ccc(C(F)(F)F)n2)n1. The number of halogens is 3. The second kappa shape index (κ2) is 6.89. The highest BCUT2D eigenvalue weighted by Gasteiger charge is 2.35. The van der Waals surface area contributed by atoms with E-state index in [9.17, 15) is 18.0 Å². The molecule has 2 heterocycles. The number of amides is 1. The van der Waals surface area contributed by atoms with Gasteiger partial charge in [-0.15, -0.1) is 0 Å². The van der Waals surface area contributed by atoms with Crippen molar-refractivity contribution >= 4 is 11.7 Å². The normalized spacial score (nSPS) is 17.0. The maximum atomic E-state index is 12.8. The van der Waals surface area contributed by atoms with Gasteiger partial charge in [0, 0.05) is 25.5 Å². The number of rotatable bonds is 5. The third-order valence-corrected chi connectivity index (χ3v) is 4.52. The summed E-state index contributed by atoms with van der Waals surface area (Å²) in [5, 5.41) is 10.3. The molecule has 1 amide bonds. The number of alkyl halides is 3. The van der Waals surface area contributed by atoms with Crippen molar-refractivity contribution in [3.05, 3.63) is 30.2 Å². The van der Waals surface area contributed by atoms with Gasteiger partial charge in [-0.05, 0) is 18.4 Å². The molecule has 9 heteroatoms. The largest absolute Gasteiger partial charge is 0.435 e. The van der Waals surface area contributed by atoms with Gasteiger partial charge in [0.2, 0.25) is 5.91 Å². The van der Waals surface area contributed by atoms with Gasteiger partial charge in [0.1, 0.15) is 6.04 Å². The van der Waals surface area contributed by atoms with Crippen LogP contribution in [0.15, 0.2) is 24.5 Å². The second-order valence-electron chi connectivity index (χ2n) is 6.44. The van der Waals surface area contributed by atoms with Crippen LogP contribution in [0, 0.1) is 5.92 Å². The van der Waals surface area contributed by atoms with E-state index in [2.05, 4.69) is 15.5 Å². The number of nitrogens with one attached hydrogen (secondary N) is 1. The molecule has 1 fully saturated rings. The summed E-state index contributed by atoms with van der Waals surface area (Å²) in [7, 11) is 1.72. The first-order chi connectivity index (χ1) is 11.8. The second-order valence-corrected chi connectivity index (χ2v) is 6.44. The molecule has 0 spiro atoms. The Hall–Kier alpha value is -2.32. The highest BCUT2D eigenvalue weighted by atomic mass is 19.4. The average Bonchev–Trinajstić information content (AvgIpc) is 3.25. The van der Waals surface area contributed by atoms with Crippen LogP contribution >= 0.6 is 0 Å². The number of aryl methyl sites for hydroxylation is 1. The van der Waals surface area contributed by atoms with Crippen LogP contribution in [0.3, 0.4) is 0 Å². The third kappa shape index (κ3) is 4.21. The number of hydrogen-bond donors (Lipinski definition) is 1. The summed E-state index contributed by atoms with van der Waals surface area (Å²) in [6.45, 7) is 0. The van der Waals surface area contributed by atoms with Crippen LogP contribution in [0.4, 0.5) is 19.0 Å². The fourth-order valence-corrected chi connectivity index (χ4v) is 3.25. The molecule has 0 saturated heterocycles. The molecule has 136 valence electrons. The van der Waals surface area contributed by atoms with Crippen LogP contribution in [0.2, 0.25) is 0 Å². The lowest BCUT2D eigenvalue weighted by Gasteiger charge is -2.20. The van der Waals surface area contributed by atoms with Gasteiger partial charge in [0.05, 0.1) is 0 Å². The van der Waals surface area contributed by atoms with Gasteiger partial charge in [-0.3, -0.25) is 14.2 Å². The summed E-state index contributed by atoms with van der Waals surface area (Å²) in [6.07, 6.45) is 3.00. The van der Waals surface area contributed by atoms with E-state index < -0.39 is 23.8 Å². The van der Waals surface area contributed by atoms with Crippen molar-refractivity contribution in [3.63, 3.8) is 0 Å². The summed E-state index contributed by atoms with van der Waals surface area (Å²) >= 11 is 0. The van der Waals surface area contributed by atoms with Crippen LogP contribution < -0.4 is 5.32 Å². The van der Waals surface area contributed by atoms with Gasteiger partial charge >= 0.3 is 6.18 Å². The van der Waals surface area contributed by atoms with Crippen molar-refractivity contribution in [3.8, 4) is 0 Å². The first-order valence-electron chi connectivity index (χ1n) is 8.26. The Bertz CT molecular complexity index is 730. The minimum Gasteiger partial charge on any atom is -0.307 e. The van der Waals surface area contributed by atoms with Crippen LogP contribution in [-0.2, 0) is 18.0 Å². The average molecular weight is 355 g/mol. The molecule has 6 nitrogen and oxygen atoms in total. The third-order valence-electron chi connectivity index (χ3n) is 4.52. The van der Waals surface area contributed by atoms with E-state index in [1.165, 1.54) is 10.9 Å². The Morgan fingerprint density at radius 1 is 1.28 bits per heavy atom. The highest BCUT2D eigenvalue weighted by Crippen LogP contribution is 2.33. The molecule has 0 bridgehead atoms. The van der Waals surface area contributed by atoms with E-state index in [1.807, 2.05) is 0 Å². The standard InChI is InChI=1S/C16H20F3N5O/c1-23-8-7-14(22-23)20-15(25)12(10-11-4-2-3-5-11)24-9-6-13(21-24)16(17,18)19/h6-9,11-12H,2-5,10H2,1H3,(H,20,22,25)/t12-/m0/s1. The zero-order chi connectivity index (χ0) is 18.0. The van der Waals surface area contributed by atoms with Crippen LogP contribution in [-0.4, -0.2) is 25.5 Å². The number of aromatic nitrogens is 4. The molecule has 2 aromatic rings. The lowest BCUT2D eigenvalue weighted by molar-refractivity contribution is -0.142. The maximum Gasteiger partial charge on any atom is 0.435 e. The van der Waals surface area contributed by atoms with Gasteiger partial charge in [-0.1, -0.05) is 25.7 Å². The zero-order valence-electron chi connectivity index (χ0n) is 13.8. The topological polar surface area (TPSA) is 64.7 Å². The van der Waals surface area contributed by atoms with E-state index >= 15 is 0 Å². The summed E-state index contributed by atoms with van der Waals surface area (Å²) in [5.74, 6) is 0.285. The van der Waals surface area contributed by atoms with E-state index in [-0.39, 0.29) is 0 Å². The molecule has 0 aliphatic heterocycles. The van der Waals surface area contributed by atoms with Crippen molar-refractivity contribution in [1.82, 2.24) is 19.6 Å². The number of hydrogen-bond acceptors (Lipinski definition) is 3. The van der Waals surface area contributed by atoms with Crippen molar-refractivity contribution in [2.75, 3.05) is 5.32 Å². The van der Waals surface area contributed by atoms with E-state index in [0.29, 0.717) is 18.2 Å². The van der Waals surface area contributed by atoms with Crippen molar-refractivity contribution in [2.45, 2.75) is 44.3 Å². The number of carbonyl (C=O) groups excluding carboxylic acids is 1. The lowest BCUT2D eigenvalue weighted by Crippen LogP contribution is -2.28. The molecule has 1 aliphatic carbocycles. The monoisotopic (exact) mass is 355 g/mol. The molecular formula is C16H20F3N5O. The summed E-state index contributed by atoms with van der Waals surface area (Å²) < 4.78 is 41.2. The molecule has 0 aromatic carbocycles. The predicted molar refractivity (Wildman–Crippen MR) is 84.7 cm³/mol. The molecule has 3 rings (SSSR count). The van der Waals surface area contributed by atoms with Gasteiger partial charge in [0.15, 0.2) is 11.5 Å². The predicted octanol–water partition coefficient (Wildman–Crippen LogP) is 3.40. The lowest BCUT2D eigenvalue weighted by atomic mass is 9.98. The summed E-state index contributed by atoms with van der Waals surface area (Å²) in [6, 6.07) is 1.74. The van der Waals surface area contributed by atoms with Gasteiger partial charge in [0.25, 0.3) is 0 Å². The molecule has 1 N–H and O–H groups in total. The minimum absolute atomic E-state index is 0.318. The molecule has 2 aromatic heterocycles. The van der Waals surface area contributed by atoms with Crippen LogP contribution in [0.1, 0.15) is 43.8 Å². The fraction of sp³-hybridized carbons (Fsp3) is 0.562. The zero-order valence-corrected chi connectivity index (χ0v) is 13.8. The maximum absolute atomic E-state index is 12.8. The van der Waals surface area contributed by atoms with E-state index in [0.717, 1.165) is 36.4 Å². The van der Waals surface area contributed by atoms with Crippen LogP contribution in [0.25, 0.3) is 0 Å². The number of nitrogens with zero attached hydrogens (tertiary/aromatic N) is 4. The van der Waals surface area contributed by atoms with Crippen LogP contribution in [0.5, 0.6) is 0 Å². The molecule has 1 saturated carbocycles. The Morgan fingerprint density at radius 3 is 2.56 bits per heavy atom. The van der Waals surface area contributed by atoms with E-state index in [4.69, 9.17) is 0 Å². The van der Waals surface area contributed by atoms with E-state index in [1.54, 1.807) is 19.3 Å². The Morgan fingerprint density at radius 2 is 2.00 bits per heavy atom. The van der Waals surface area contributed by atoms with Gasteiger partial charge in [-0.25, -0.2) is 0 Å². The van der Waals surface area contributed by atoms with Crippen molar-refractivity contribution in [1.29, 1.82) is 0 Å². The van der Waals surface area contributed by atoms with Crippen molar-refractivity contribution in [2.24, 2.45) is 13.0 Å². The fourth-order valence-electron chi connectivity index (χ4n) is 3.25. The molecular weight excluding hydrogens is 335 g/mol. The first kappa shape index (κ1) is 17.5. The van der Waals surface area contributed by atoms with Gasteiger partial charge in [-0.2, -0.15) is 23.4 Å². The molecule has 25 heavy (non-hydrogen) atoms. The van der Waals surface area contributed by atoms with Gasteiger partial charge < -0.3 is 5.32 Å². The smallest absolute Gasteiger partial charge is 0.307 e. The summed E-state index contributed by atoms with van der Waals surface area (Å²) in [4.78, 5) is 12.7. The minimum atomic E-state index is -4.53. The molecule has 0 radical (unpaired) electrons.